The van der Waals surface area contributed by atoms with E-state index in [1.165, 1.54) is 0 Å². The lowest BCUT2D eigenvalue weighted by Gasteiger charge is -2.21. The van der Waals surface area contributed by atoms with E-state index in [0.29, 0.717) is 24.0 Å². The van der Waals surface area contributed by atoms with Gasteiger partial charge in [0.05, 0.1) is 11.7 Å². The van der Waals surface area contributed by atoms with Gasteiger partial charge in [0.25, 0.3) is 10.9 Å². The molecule has 0 saturated heterocycles. The van der Waals surface area contributed by atoms with Gasteiger partial charge in [0.2, 0.25) is 0 Å². The second-order valence-corrected chi connectivity index (χ2v) is 6.98. The van der Waals surface area contributed by atoms with E-state index in [1.54, 1.807) is 19.1 Å². The highest BCUT2D eigenvalue weighted by molar-refractivity contribution is 5.80. The molecule has 7 nitrogen and oxygen atoms in total. The number of rotatable bonds is 6. The molecule has 1 aliphatic heterocycles. The van der Waals surface area contributed by atoms with Crippen molar-refractivity contribution in [1.29, 1.82) is 0 Å². The maximum Gasteiger partial charge on any atom is 0.253 e. The second kappa shape index (κ2) is 7.09. The average Bonchev–Trinajstić information content (AvgIpc) is 3.29. The van der Waals surface area contributed by atoms with Crippen LogP contribution >= 0.6 is 0 Å². The normalized spacial score (nSPS) is 16.8. The molecule has 152 valence electrons. The SMILES string of the molecule is CC[C@@H](Nc1c(Nc2c(F)cc(F)c3c2C(O)NC3)c(=O)c1=O)c1ccc(C)o1. The van der Waals surface area contributed by atoms with Gasteiger partial charge in [-0.15, -0.1) is 0 Å². The predicted molar refractivity (Wildman–Crippen MR) is 103 cm³/mol. The average molecular weight is 403 g/mol. The summed E-state index contributed by atoms with van der Waals surface area (Å²) in [6.45, 7) is 3.69. The summed E-state index contributed by atoms with van der Waals surface area (Å²) in [7, 11) is 0. The van der Waals surface area contributed by atoms with Crippen LogP contribution in [0.2, 0.25) is 0 Å². The zero-order chi connectivity index (χ0) is 20.9. The summed E-state index contributed by atoms with van der Waals surface area (Å²) < 4.78 is 34.0. The van der Waals surface area contributed by atoms with Gasteiger partial charge in [0.15, 0.2) is 0 Å². The lowest BCUT2D eigenvalue weighted by molar-refractivity contribution is 0.152. The highest BCUT2D eigenvalue weighted by atomic mass is 19.1. The molecule has 0 radical (unpaired) electrons. The molecule has 1 aliphatic rings. The van der Waals surface area contributed by atoms with Gasteiger partial charge in [-0.3, -0.25) is 14.9 Å². The van der Waals surface area contributed by atoms with Crippen LogP contribution in [-0.4, -0.2) is 5.11 Å². The number of halogens is 2. The molecule has 0 spiro atoms. The Balaban J connectivity index is 1.69. The third-order valence-corrected chi connectivity index (χ3v) is 5.11. The summed E-state index contributed by atoms with van der Waals surface area (Å²) in [5.74, 6) is -0.474. The first-order valence-corrected chi connectivity index (χ1v) is 9.17. The number of aliphatic hydroxyl groups excluding tert-OH is 1. The maximum atomic E-state index is 14.5. The van der Waals surface area contributed by atoms with Crippen LogP contribution in [-0.2, 0) is 6.54 Å². The van der Waals surface area contributed by atoms with Crippen molar-refractivity contribution in [3.05, 3.63) is 72.9 Å². The molecular weight excluding hydrogens is 384 g/mol. The minimum absolute atomic E-state index is 0.00572. The molecule has 0 fully saturated rings. The Morgan fingerprint density at radius 3 is 2.59 bits per heavy atom. The fourth-order valence-corrected chi connectivity index (χ4v) is 3.55. The van der Waals surface area contributed by atoms with E-state index >= 15 is 0 Å². The summed E-state index contributed by atoms with van der Waals surface area (Å²) in [4.78, 5) is 24.3. The molecule has 4 rings (SSSR count). The third-order valence-electron chi connectivity index (χ3n) is 5.11. The van der Waals surface area contributed by atoms with E-state index in [4.69, 9.17) is 4.42 Å². The lowest BCUT2D eigenvalue weighted by Crippen LogP contribution is -2.37. The Bertz CT molecular complexity index is 1160. The van der Waals surface area contributed by atoms with Crippen molar-refractivity contribution in [3.8, 4) is 0 Å². The fraction of sp³-hybridized carbons (Fsp3) is 0.300. The molecule has 9 heteroatoms. The first-order valence-electron chi connectivity index (χ1n) is 9.17. The minimum atomic E-state index is -1.30. The number of furan rings is 1. The molecule has 0 amide bonds. The smallest absolute Gasteiger partial charge is 0.253 e. The van der Waals surface area contributed by atoms with Crippen LogP contribution in [0.4, 0.5) is 25.8 Å². The number of hydrogen-bond acceptors (Lipinski definition) is 7. The van der Waals surface area contributed by atoms with Crippen LogP contribution < -0.4 is 26.8 Å². The highest BCUT2D eigenvalue weighted by Gasteiger charge is 2.32. The topological polar surface area (TPSA) is 104 Å². The Labute approximate surface area is 164 Å². The summed E-state index contributed by atoms with van der Waals surface area (Å²) in [5.41, 5.74) is -1.86. The van der Waals surface area contributed by atoms with Gasteiger partial charge < -0.3 is 20.2 Å². The third kappa shape index (κ3) is 3.12. The van der Waals surface area contributed by atoms with Crippen molar-refractivity contribution in [2.75, 3.05) is 10.6 Å². The van der Waals surface area contributed by atoms with Crippen molar-refractivity contribution < 1.29 is 18.3 Å². The van der Waals surface area contributed by atoms with E-state index in [9.17, 15) is 23.5 Å². The van der Waals surface area contributed by atoms with Gasteiger partial charge in [-0.1, -0.05) is 6.92 Å². The van der Waals surface area contributed by atoms with Crippen molar-refractivity contribution in [2.45, 2.75) is 39.1 Å². The van der Waals surface area contributed by atoms with Gasteiger partial charge in [-0.05, 0) is 25.5 Å². The number of aryl methyl sites for hydroxylation is 1. The standard InChI is InChI=1S/C20H19F2N3O4/c1-3-12(13-5-4-8(2)29-13)24-16-17(19(27)18(16)26)25-15-11(22)6-10(21)9-7-23-20(28)14(9)15/h4-6,12,20,23-25,28H,3,7H2,1-2H3/t12-,20?/m1/s1. The molecule has 2 aromatic carbocycles. The molecule has 0 saturated carbocycles. The predicted octanol–water partition coefficient (Wildman–Crippen LogP) is 2.86. The van der Waals surface area contributed by atoms with Gasteiger partial charge in [-0.2, -0.15) is 0 Å². The molecule has 2 heterocycles. The van der Waals surface area contributed by atoms with Crippen molar-refractivity contribution >= 4 is 17.1 Å². The van der Waals surface area contributed by atoms with E-state index in [0.717, 1.165) is 0 Å². The molecule has 29 heavy (non-hydrogen) atoms. The first kappa shape index (κ1) is 19.3. The van der Waals surface area contributed by atoms with Crippen LogP contribution in [0.1, 0.15) is 48.3 Å². The Morgan fingerprint density at radius 2 is 1.93 bits per heavy atom. The van der Waals surface area contributed by atoms with Crippen molar-refractivity contribution in [1.82, 2.24) is 5.32 Å². The summed E-state index contributed by atoms with van der Waals surface area (Å²) in [5, 5.41) is 18.2. The van der Waals surface area contributed by atoms with Crippen LogP contribution in [0.25, 0.3) is 0 Å². The van der Waals surface area contributed by atoms with Crippen molar-refractivity contribution in [3.63, 3.8) is 0 Å². The Morgan fingerprint density at radius 1 is 1.21 bits per heavy atom. The zero-order valence-electron chi connectivity index (χ0n) is 15.7. The molecule has 4 N–H and O–H groups in total. The quantitative estimate of drug-likeness (QED) is 0.469. The van der Waals surface area contributed by atoms with Gasteiger partial charge >= 0.3 is 0 Å². The molecule has 2 atom stereocenters. The van der Waals surface area contributed by atoms with E-state index < -0.39 is 28.7 Å². The van der Waals surface area contributed by atoms with Crippen LogP contribution in [0.3, 0.4) is 0 Å². The maximum absolute atomic E-state index is 14.5. The number of benzene rings is 1. The van der Waals surface area contributed by atoms with Crippen molar-refractivity contribution in [2.24, 2.45) is 0 Å². The van der Waals surface area contributed by atoms with Gasteiger partial charge in [-0.25, -0.2) is 8.78 Å². The summed E-state index contributed by atoms with van der Waals surface area (Å²) >= 11 is 0. The van der Waals surface area contributed by atoms with E-state index in [2.05, 4.69) is 16.0 Å². The first-order chi connectivity index (χ1) is 13.8. The summed E-state index contributed by atoms with van der Waals surface area (Å²) in [6.07, 6.45) is -0.733. The molecule has 1 unspecified atom stereocenters. The molecule has 3 aromatic rings. The molecule has 1 aromatic heterocycles. The number of anilines is 3. The van der Waals surface area contributed by atoms with Crippen LogP contribution in [0.5, 0.6) is 0 Å². The number of nitrogens with one attached hydrogen (secondary N) is 3. The largest absolute Gasteiger partial charge is 0.464 e. The highest BCUT2D eigenvalue weighted by Crippen LogP contribution is 2.37. The van der Waals surface area contributed by atoms with Crippen LogP contribution in [0, 0.1) is 18.6 Å². The summed E-state index contributed by atoms with van der Waals surface area (Å²) in [6, 6.07) is 3.86. The monoisotopic (exact) mass is 403 g/mol. The Hall–Kier alpha value is -3.04. The molecule has 0 aliphatic carbocycles. The second-order valence-electron chi connectivity index (χ2n) is 6.98. The number of hydrogen-bond donors (Lipinski definition) is 4. The van der Waals surface area contributed by atoms with Gasteiger partial charge in [0, 0.05) is 23.7 Å². The lowest BCUT2D eigenvalue weighted by atomic mass is 10.0. The fourth-order valence-electron chi connectivity index (χ4n) is 3.55. The number of fused-ring (bicyclic) bond motifs is 1. The molecule has 0 bridgehead atoms. The number of aliphatic hydroxyl groups is 1. The molecular formula is C20H19F2N3O4. The minimum Gasteiger partial charge on any atom is -0.464 e. The van der Waals surface area contributed by atoms with E-state index in [-0.39, 0.29) is 40.8 Å². The van der Waals surface area contributed by atoms with Crippen LogP contribution in [0.15, 0.2) is 32.2 Å². The zero-order valence-corrected chi connectivity index (χ0v) is 15.7. The van der Waals surface area contributed by atoms with Gasteiger partial charge in [0.1, 0.15) is 40.8 Å². The van der Waals surface area contributed by atoms with E-state index in [1.807, 2.05) is 6.92 Å². The Kier molecular flexibility index (Phi) is 4.71.